The molecule has 7 heteroatoms. The molecule has 1 aliphatic heterocycles. The Balaban J connectivity index is 2.00. The average molecular weight is 328 g/mol. The van der Waals surface area contributed by atoms with E-state index in [4.69, 9.17) is 0 Å². The Bertz CT molecular complexity index is 988. The predicted molar refractivity (Wildman–Crippen MR) is 85.5 cm³/mol. The van der Waals surface area contributed by atoms with Gasteiger partial charge in [0.2, 0.25) is 5.91 Å². The molecule has 3 aromatic rings. The molecule has 0 unspecified atom stereocenters. The van der Waals surface area contributed by atoms with Gasteiger partial charge in [-0.25, -0.2) is 9.97 Å². The number of carbonyl (C=O) groups is 1. The minimum atomic E-state index is -3.12. The fourth-order valence-corrected chi connectivity index (χ4v) is 2.95. The Morgan fingerprint density at radius 1 is 1.21 bits per heavy atom. The fraction of sp³-hybridized carbons (Fsp3) is 0.235. The third kappa shape index (κ3) is 2.24. The molecule has 1 aliphatic rings. The van der Waals surface area contributed by atoms with E-state index in [9.17, 15) is 13.6 Å². The van der Waals surface area contributed by atoms with E-state index >= 15 is 0 Å². The number of hydrogen-bond acceptors (Lipinski definition) is 3. The number of nitrogens with zero attached hydrogens (tertiary/aromatic N) is 3. The first kappa shape index (κ1) is 14.7. The van der Waals surface area contributed by atoms with Gasteiger partial charge < -0.3 is 5.32 Å². The molecule has 0 atom stereocenters. The van der Waals surface area contributed by atoms with E-state index in [2.05, 4.69) is 15.3 Å². The van der Waals surface area contributed by atoms with Crippen LogP contribution in [0.4, 0.5) is 14.5 Å². The maximum atomic E-state index is 14.1. The van der Waals surface area contributed by atoms with E-state index in [-0.39, 0.29) is 18.2 Å². The molecule has 0 saturated carbocycles. The molecule has 0 bridgehead atoms. The van der Waals surface area contributed by atoms with Crippen LogP contribution in [0.2, 0.25) is 0 Å². The summed E-state index contributed by atoms with van der Waals surface area (Å²) in [7, 11) is 0. The highest BCUT2D eigenvalue weighted by Crippen LogP contribution is 2.33. The van der Waals surface area contributed by atoms with Gasteiger partial charge in [-0.05, 0) is 42.8 Å². The number of alkyl halides is 2. The number of hydrogen-bond donors (Lipinski definition) is 1. The molecule has 1 N–H and O–H groups in total. The highest BCUT2D eigenvalue weighted by Gasteiger charge is 2.33. The van der Waals surface area contributed by atoms with Crippen LogP contribution in [0.1, 0.15) is 24.0 Å². The molecule has 0 aliphatic carbocycles. The summed E-state index contributed by atoms with van der Waals surface area (Å²) in [5.41, 5.74) is 3.50. The van der Waals surface area contributed by atoms with Crippen molar-refractivity contribution in [2.45, 2.75) is 26.2 Å². The van der Waals surface area contributed by atoms with Crippen LogP contribution in [0.3, 0.4) is 0 Å². The Labute approximate surface area is 136 Å². The van der Waals surface area contributed by atoms with Crippen LogP contribution in [-0.2, 0) is 17.1 Å². The monoisotopic (exact) mass is 328 g/mol. The zero-order valence-electron chi connectivity index (χ0n) is 13.1. The molecular weight excluding hydrogens is 314 g/mol. The van der Waals surface area contributed by atoms with Gasteiger partial charge in [0.25, 0.3) is 0 Å². The number of carbonyl (C=O) groups excluding carboxylic acids is 1. The third-order valence-electron chi connectivity index (χ3n) is 4.01. The van der Waals surface area contributed by atoms with Gasteiger partial charge in [-0.2, -0.15) is 8.78 Å². The molecule has 0 spiro atoms. The van der Waals surface area contributed by atoms with E-state index in [0.717, 1.165) is 12.5 Å². The van der Waals surface area contributed by atoms with Crippen LogP contribution < -0.4 is 5.32 Å². The minimum absolute atomic E-state index is 0.104. The number of aromatic nitrogens is 3. The minimum Gasteiger partial charge on any atom is -0.326 e. The van der Waals surface area contributed by atoms with Crippen molar-refractivity contribution in [3.63, 3.8) is 0 Å². The smallest absolute Gasteiger partial charge is 0.302 e. The number of fused-ring (bicyclic) bond motifs is 2. The van der Waals surface area contributed by atoms with Gasteiger partial charge in [0.1, 0.15) is 5.52 Å². The van der Waals surface area contributed by atoms with Gasteiger partial charge >= 0.3 is 5.92 Å². The van der Waals surface area contributed by atoms with Crippen LogP contribution in [-0.4, -0.2) is 20.4 Å². The summed E-state index contributed by atoms with van der Waals surface area (Å²) in [6, 6.07) is 8.55. The molecule has 24 heavy (non-hydrogen) atoms. The van der Waals surface area contributed by atoms with Crippen molar-refractivity contribution >= 4 is 22.8 Å². The second kappa shape index (κ2) is 4.83. The first-order valence-corrected chi connectivity index (χ1v) is 7.50. The number of amides is 1. The third-order valence-corrected chi connectivity index (χ3v) is 4.01. The van der Waals surface area contributed by atoms with Gasteiger partial charge in [-0.3, -0.25) is 9.36 Å². The van der Waals surface area contributed by atoms with Crippen LogP contribution in [0.15, 0.2) is 30.3 Å². The molecule has 5 nitrogen and oxygen atoms in total. The lowest BCUT2D eigenvalue weighted by atomic mass is 10.1. The first-order chi connectivity index (χ1) is 11.3. The number of pyridine rings is 1. The predicted octanol–water partition coefficient (Wildman–Crippen LogP) is 3.34. The lowest BCUT2D eigenvalue weighted by molar-refractivity contribution is -0.115. The first-order valence-electron chi connectivity index (χ1n) is 7.50. The van der Waals surface area contributed by atoms with Crippen molar-refractivity contribution in [3.8, 4) is 5.69 Å². The van der Waals surface area contributed by atoms with Gasteiger partial charge in [0, 0.05) is 24.0 Å². The maximum absolute atomic E-state index is 14.1. The second-order valence-electron chi connectivity index (χ2n) is 6.02. The summed E-state index contributed by atoms with van der Waals surface area (Å²) in [6.07, 6.45) is 0.236. The van der Waals surface area contributed by atoms with Crippen molar-refractivity contribution in [3.05, 3.63) is 47.4 Å². The van der Waals surface area contributed by atoms with Crippen molar-refractivity contribution < 1.29 is 13.6 Å². The SMILES string of the molecule is Cc1ccc2nc(C(C)(F)F)n(-c3ccc4c(c3)CC(=O)N4)c2n1. The summed E-state index contributed by atoms with van der Waals surface area (Å²) >= 11 is 0. The van der Waals surface area contributed by atoms with E-state index < -0.39 is 5.92 Å². The van der Waals surface area contributed by atoms with E-state index in [1.807, 2.05) is 0 Å². The lowest BCUT2D eigenvalue weighted by Crippen LogP contribution is -2.15. The molecule has 0 radical (unpaired) electrons. The number of nitrogens with one attached hydrogen (secondary N) is 1. The number of anilines is 1. The van der Waals surface area contributed by atoms with Crippen molar-refractivity contribution in [2.75, 3.05) is 5.32 Å². The molecule has 1 amide bonds. The number of imidazole rings is 1. The number of aryl methyl sites for hydroxylation is 1. The standard InChI is InChI=1S/C17H14F2N4O/c1-9-3-5-13-15(20-9)23(16(22-13)17(2,18)19)11-4-6-12-10(7-11)8-14(24)21-12/h3-7H,8H2,1-2H3,(H,21,24). The quantitative estimate of drug-likeness (QED) is 0.785. The van der Waals surface area contributed by atoms with Crippen LogP contribution in [0, 0.1) is 6.92 Å². The molecule has 2 aromatic heterocycles. The zero-order valence-corrected chi connectivity index (χ0v) is 13.1. The Morgan fingerprint density at radius 3 is 2.75 bits per heavy atom. The lowest BCUT2D eigenvalue weighted by Gasteiger charge is -2.14. The van der Waals surface area contributed by atoms with Gasteiger partial charge in [-0.15, -0.1) is 0 Å². The topological polar surface area (TPSA) is 59.8 Å². The summed E-state index contributed by atoms with van der Waals surface area (Å²) in [6.45, 7) is 2.61. The molecule has 1 aromatic carbocycles. The van der Waals surface area contributed by atoms with Crippen molar-refractivity contribution in [2.24, 2.45) is 0 Å². The van der Waals surface area contributed by atoms with E-state index in [1.165, 1.54) is 4.57 Å². The Hall–Kier alpha value is -2.83. The van der Waals surface area contributed by atoms with Gasteiger partial charge in [0.05, 0.1) is 6.42 Å². The summed E-state index contributed by atoms with van der Waals surface area (Å²) < 4.78 is 29.6. The summed E-state index contributed by atoms with van der Waals surface area (Å²) in [5.74, 6) is -3.60. The molecule has 0 saturated heterocycles. The average Bonchev–Trinajstić information content (AvgIpc) is 3.04. The zero-order chi connectivity index (χ0) is 17.1. The molecule has 0 fully saturated rings. The Kier molecular flexibility index (Phi) is 2.97. The molecule has 3 heterocycles. The highest BCUT2D eigenvalue weighted by molar-refractivity contribution is 5.99. The largest absolute Gasteiger partial charge is 0.326 e. The summed E-state index contributed by atoms with van der Waals surface area (Å²) in [4.78, 5) is 20.0. The summed E-state index contributed by atoms with van der Waals surface area (Å²) in [5, 5.41) is 2.73. The van der Waals surface area contributed by atoms with Gasteiger partial charge in [-0.1, -0.05) is 0 Å². The normalized spacial score (nSPS) is 14.1. The number of halogens is 2. The molecule has 122 valence electrons. The fourth-order valence-electron chi connectivity index (χ4n) is 2.95. The second-order valence-corrected chi connectivity index (χ2v) is 6.02. The van der Waals surface area contributed by atoms with Gasteiger partial charge in [0.15, 0.2) is 11.5 Å². The van der Waals surface area contributed by atoms with E-state index in [0.29, 0.717) is 28.2 Å². The van der Waals surface area contributed by atoms with Crippen molar-refractivity contribution in [1.82, 2.24) is 14.5 Å². The number of rotatable bonds is 2. The maximum Gasteiger partial charge on any atom is 0.302 e. The Morgan fingerprint density at radius 2 is 2.00 bits per heavy atom. The van der Waals surface area contributed by atoms with Crippen LogP contribution in [0.25, 0.3) is 16.9 Å². The molecule has 4 rings (SSSR count). The highest BCUT2D eigenvalue weighted by atomic mass is 19.3. The van der Waals surface area contributed by atoms with Crippen LogP contribution in [0.5, 0.6) is 0 Å². The number of benzene rings is 1. The molecular formula is C17H14F2N4O. The van der Waals surface area contributed by atoms with Crippen LogP contribution >= 0.6 is 0 Å². The van der Waals surface area contributed by atoms with E-state index in [1.54, 1.807) is 37.3 Å². The van der Waals surface area contributed by atoms with Crippen molar-refractivity contribution in [1.29, 1.82) is 0 Å².